The summed E-state index contributed by atoms with van der Waals surface area (Å²) in [5.74, 6) is -16.0. The Hall–Kier alpha value is -6.93. The van der Waals surface area contributed by atoms with Gasteiger partial charge in [-0.3, -0.25) is 57.5 Å². The lowest BCUT2D eigenvalue weighted by atomic mass is 10.1. The van der Waals surface area contributed by atoms with Crippen molar-refractivity contribution in [2.45, 2.75) is 113 Å². The average Bonchev–Trinajstić information content (AvgIpc) is 3.13. The molecule has 330 valence electrons. The predicted molar refractivity (Wildman–Crippen MR) is 193 cm³/mol. The molecule has 0 rings (SSSR count). The maximum absolute atomic E-state index is 13.3. The zero-order valence-electron chi connectivity index (χ0n) is 31.4. The van der Waals surface area contributed by atoms with E-state index in [0.29, 0.717) is 0 Å². The molecule has 8 amide bonds. The molecule has 59 heavy (non-hydrogen) atoms. The van der Waals surface area contributed by atoms with Crippen molar-refractivity contribution in [1.82, 2.24) is 31.9 Å². The molecule has 0 unspecified atom stereocenters. The van der Waals surface area contributed by atoms with Crippen molar-refractivity contribution in [2.75, 3.05) is 6.54 Å². The van der Waals surface area contributed by atoms with Crippen LogP contribution in [-0.4, -0.2) is 145 Å². The maximum Gasteiger partial charge on any atom is 0.326 e. The van der Waals surface area contributed by atoms with Crippen molar-refractivity contribution < 1.29 is 87.9 Å². The van der Waals surface area contributed by atoms with E-state index in [1.165, 1.54) is 0 Å². The quantitative estimate of drug-likeness (QED) is 0.0309. The molecule has 0 fully saturated rings. The Balaban J connectivity index is 6.07. The van der Waals surface area contributed by atoms with Gasteiger partial charge in [0.15, 0.2) is 0 Å². The van der Waals surface area contributed by atoms with E-state index >= 15 is 0 Å². The number of carbonyl (C=O) groups is 13. The maximum atomic E-state index is 13.3. The first-order valence-corrected chi connectivity index (χ1v) is 17.6. The molecule has 0 spiro atoms. The monoisotopic (exact) mass is 847 g/mol. The highest BCUT2D eigenvalue weighted by atomic mass is 16.4. The molecule has 0 aromatic rings. The Morgan fingerprint density at radius 3 is 1.07 bits per heavy atom. The summed E-state index contributed by atoms with van der Waals surface area (Å²) in [6.45, 7) is -0.980. The van der Waals surface area contributed by atoms with Crippen LogP contribution in [0.4, 0.5) is 0 Å². The molecular formula is C32H49N9O18. The van der Waals surface area contributed by atoms with Crippen LogP contribution in [0.3, 0.4) is 0 Å². The molecule has 0 aliphatic rings. The van der Waals surface area contributed by atoms with Crippen LogP contribution in [0.5, 0.6) is 0 Å². The van der Waals surface area contributed by atoms with Crippen molar-refractivity contribution >= 4 is 77.1 Å². The summed E-state index contributed by atoms with van der Waals surface area (Å²) in [5, 5.41) is 58.1. The molecule has 0 saturated carbocycles. The van der Waals surface area contributed by atoms with Crippen LogP contribution >= 0.6 is 0 Å². The summed E-state index contributed by atoms with van der Waals surface area (Å²) in [4.78, 5) is 157. The normalized spacial score (nSPS) is 13.6. The lowest BCUT2D eigenvalue weighted by Crippen LogP contribution is -2.57. The molecule has 0 aliphatic carbocycles. The Labute approximate surface area is 333 Å². The van der Waals surface area contributed by atoms with Gasteiger partial charge in [-0.05, 0) is 38.5 Å². The van der Waals surface area contributed by atoms with Crippen LogP contribution in [0.2, 0.25) is 0 Å². The minimum absolute atomic E-state index is 0.361. The molecule has 0 aliphatic heterocycles. The number of hydrogen-bond acceptors (Lipinski definition) is 14. The molecular weight excluding hydrogens is 798 g/mol. The summed E-state index contributed by atoms with van der Waals surface area (Å²) in [6.07, 6.45) is -6.79. The van der Waals surface area contributed by atoms with Crippen molar-refractivity contribution in [3.63, 3.8) is 0 Å². The zero-order chi connectivity index (χ0) is 45.4. The molecule has 27 nitrogen and oxygen atoms in total. The molecule has 0 bridgehead atoms. The highest BCUT2D eigenvalue weighted by Gasteiger charge is 2.32. The minimum atomic E-state index is -1.74. The zero-order valence-corrected chi connectivity index (χ0v) is 31.4. The van der Waals surface area contributed by atoms with E-state index in [1.807, 2.05) is 5.32 Å². The van der Waals surface area contributed by atoms with Gasteiger partial charge in [-0.15, -0.1) is 0 Å². The molecule has 0 saturated heterocycles. The van der Waals surface area contributed by atoms with Crippen LogP contribution < -0.4 is 49.1 Å². The Kier molecular flexibility index (Phi) is 23.7. The van der Waals surface area contributed by atoms with Gasteiger partial charge in [0.05, 0.1) is 12.6 Å². The lowest BCUT2D eigenvalue weighted by Gasteiger charge is -2.25. The molecule has 27 heteroatoms. The molecule has 6 atom stereocenters. The topological polar surface area (TPSA) is 473 Å². The summed E-state index contributed by atoms with van der Waals surface area (Å²) in [5.41, 5.74) is 16.0. The summed E-state index contributed by atoms with van der Waals surface area (Å²) in [7, 11) is 0. The largest absolute Gasteiger partial charge is 0.481 e. The van der Waals surface area contributed by atoms with Gasteiger partial charge in [0.25, 0.3) is 0 Å². The second-order valence-corrected chi connectivity index (χ2v) is 12.8. The van der Waals surface area contributed by atoms with Gasteiger partial charge >= 0.3 is 29.8 Å². The van der Waals surface area contributed by atoms with E-state index in [2.05, 4.69) is 26.6 Å². The number of amides is 8. The van der Waals surface area contributed by atoms with E-state index in [9.17, 15) is 72.5 Å². The number of primary amides is 2. The van der Waals surface area contributed by atoms with Gasteiger partial charge in [-0.1, -0.05) is 0 Å². The van der Waals surface area contributed by atoms with Crippen molar-refractivity contribution in [2.24, 2.45) is 17.2 Å². The van der Waals surface area contributed by atoms with E-state index in [4.69, 9.17) is 32.5 Å². The first-order chi connectivity index (χ1) is 27.4. The Morgan fingerprint density at radius 1 is 0.390 bits per heavy atom. The summed E-state index contributed by atoms with van der Waals surface area (Å²) in [6, 6.07) is -9.98. The molecule has 17 N–H and O–H groups in total. The Bertz CT molecular complexity index is 1610. The SMILES string of the molecule is NC(=O)CC[C@H](NC(=O)CNC(=O)[C@H](CCC(=O)O)NC(=O)[C@H](CCC(=O)O)NC(=O)[C@@H](N)CCC(=O)O)C(=O)N[C@@H](CCC(N)=O)C(=O)N[C@@H](CCC(=O)O)C(=O)O. The second-order valence-electron chi connectivity index (χ2n) is 12.8. The number of hydrogen-bond donors (Lipinski definition) is 14. The van der Waals surface area contributed by atoms with Crippen LogP contribution in [0.15, 0.2) is 0 Å². The highest BCUT2D eigenvalue weighted by Crippen LogP contribution is 2.07. The number of carboxylic acid groups (broad SMARTS) is 5. The number of nitrogens with one attached hydrogen (secondary N) is 6. The number of carbonyl (C=O) groups excluding carboxylic acids is 8. The fourth-order valence-corrected chi connectivity index (χ4v) is 4.75. The van der Waals surface area contributed by atoms with Crippen LogP contribution in [0, 0.1) is 0 Å². The van der Waals surface area contributed by atoms with E-state index in [1.54, 1.807) is 0 Å². The number of aliphatic carboxylic acids is 5. The molecule has 0 radical (unpaired) electrons. The van der Waals surface area contributed by atoms with E-state index in [0.717, 1.165) is 0 Å². The van der Waals surface area contributed by atoms with Gasteiger partial charge in [0.2, 0.25) is 47.3 Å². The van der Waals surface area contributed by atoms with E-state index in [-0.39, 0.29) is 6.42 Å². The lowest BCUT2D eigenvalue weighted by molar-refractivity contribution is -0.144. The first kappa shape index (κ1) is 52.1. The number of nitrogens with two attached hydrogens (primary N) is 3. The van der Waals surface area contributed by atoms with E-state index < -0.39 is 191 Å². The first-order valence-electron chi connectivity index (χ1n) is 17.6. The standard InChI is InChI=1S/C32H49N9O18/c33-14(1-9-23(45)46)27(53)38-18(5-11-25(49)50)30(56)39-15(4-10-24(47)48)28(54)36-13-22(44)37-16(2-7-20(34)42)29(55)40-17(3-8-21(35)43)31(57)41-19(32(58)59)6-12-26(51)52/h14-19H,1-13,33H2,(H2,34,42)(H2,35,43)(H,36,54)(H,37,44)(H,38,53)(H,39,56)(H,40,55)(H,41,57)(H,45,46)(H,47,48)(H,49,50)(H,51,52)(H,58,59)/t14-,15-,16-,17-,18-,19-/m0/s1. The average molecular weight is 848 g/mol. The third kappa shape index (κ3) is 23.7. The highest BCUT2D eigenvalue weighted by molar-refractivity contribution is 5.96. The molecule has 0 heterocycles. The third-order valence-electron chi connectivity index (χ3n) is 7.89. The second kappa shape index (κ2) is 26.8. The van der Waals surface area contributed by atoms with Gasteiger partial charge in [0, 0.05) is 38.5 Å². The van der Waals surface area contributed by atoms with Crippen LogP contribution in [-0.2, 0) is 62.3 Å². The fraction of sp³-hybridized carbons (Fsp3) is 0.594. The van der Waals surface area contributed by atoms with Gasteiger partial charge in [-0.2, -0.15) is 0 Å². The fourth-order valence-electron chi connectivity index (χ4n) is 4.75. The van der Waals surface area contributed by atoms with Crippen molar-refractivity contribution in [3.05, 3.63) is 0 Å². The summed E-state index contributed by atoms with van der Waals surface area (Å²) < 4.78 is 0. The third-order valence-corrected chi connectivity index (χ3v) is 7.89. The van der Waals surface area contributed by atoms with Crippen LogP contribution in [0.1, 0.15) is 77.0 Å². The molecule has 0 aromatic carbocycles. The number of rotatable bonds is 31. The van der Waals surface area contributed by atoms with Crippen molar-refractivity contribution in [1.29, 1.82) is 0 Å². The molecule has 0 aromatic heterocycles. The predicted octanol–water partition coefficient (Wildman–Crippen LogP) is -6.07. The smallest absolute Gasteiger partial charge is 0.326 e. The Morgan fingerprint density at radius 2 is 0.695 bits per heavy atom. The summed E-state index contributed by atoms with van der Waals surface area (Å²) >= 11 is 0. The number of carboxylic acids is 5. The van der Waals surface area contributed by atoms with Gasteiger partial charge in [-0.25, -0.2) is 4.79 Å². The minimum Gasteiger partial charge on any atom is -0.481 e. The van der Waals surface area contributed by atoms with Gasteiger partial charge in [0.1, 0.15) is 30.2 Å². The van der Waals surface area contributed by atoms with Crippen molar-refractivity contribution in [3.8, 4) is 0 Å². The van der Waals surface area contributed by atoms with Crippen LogP contribution in [0.25, 0.3) is 0 Å². The van der Waals surface area contributed by atoms with Gasteiger partial charge < -0.3 is 74.6 Å².